The number of rotatable bonds is 5. The molecule has 192 valence electrons. The number of benzene rings is 1. The molecule has 2 amide bonds. The van der Waals surface area contributed by atoms with Crippen LogP contribution in [0.5, 0.6) is 0 Å². The van der Waals surface area contributed by atoms with Crippen LogP contribution in [0.15, 0.2) is 30.5 Å². The number of fused-ring (bicyclic) bond motifs is 1. The highest BCUT2D eigenvalue weighted by atomic mass is 19.3. The number of anilines is 4. The fourth-order valence-electron chi connectivity index (χ4n) is 4.84. The third kappa shape index (κ3) is 4.84. The van der Waals surface area contributed by atoms with Crippen molar-refractivity contribution in [2.75, 3.05) is 48.8 Å². The lowest BCUT2D eigenvalue weighted by Gasteiger charge is -2.38. The van der Waals surface area contributed by atoms with Crippen molar-refractivity contribution in [2.24, 2.45) is 0 Å². The second-order valence-electron chi connectivity index (χ2n) is 9.94. The van der Waals surface area contributed by atoms with Crippen molar-refractivity contribution in [3.05, 3.63) is 36.0 Å². The fraction of sp³-hybridized carbons (Fsp3) is 0.520. The first-order chi connectivity index (χ1) is 17.2. The van der Waals surface area contributed by atoms with Gasteiger partial charge in [0.2, 0.25) is 5.95 Å². The summed E-state index contributed by atoms with van der Waals surface area (Å²) in [5.41, 5.74) is 1.47. The van der Waals surface area contributed by atoms with Crippen LogP contribution in [0.2, 0.25) is 0 Å². The number of hydrogen-bond acceptors (Lipinski definition) is 7. The number of hydrogen-bond donors (Lipinski definition) is 2. The van der Waals surface area contributed by atoms with Crippen LogP contribution < -0.4 is 20.4 Å². The number of aromatic nitrogens is 2. The van der Waals surface area contributed by atoms with E-state index in [-0.39, 0.29) is 29.6 Å². The second kappa shape index (κ2) is 9.61. The molecule has 0 spiro atoms. The van der Waals surface area contributed by atoms with Crippen LogP contribution in [-0.2, 0) is 4.79 Å². The van der Waals surface area contributed by atoms with Gasteiger partial charge < -0.3 is 25.3 Å². The standard InChI is InChI=1S/C25H31F2N7O2/c1-32-12-10-18(11-13-32)29-22(35)16-6-8-17(9-7-16)30-24-28-14-20-21(31-24)34(19-4-3-5-19)15-25(26,27)23(36)33(20)2/h6-9,14,18-19H,3-5,10-13,15H2,1-2H3,(H,29,35)(H,28,30,31). The zero-order chi connectivity index (χ0) is 25.4. The number of likely N-dealkylation sites (tertiary alicyclic amines) is 1. The van der Waals surface area contributed by atoms with E-state index in [9.17, 15) is 18.4 Å². The van der Waals surface area contributed by atoms with E-state index in [1.54, 1.807) is 29.2 Å². The minimum Gasteiger partial charge on any atom is -0.349 e. The van der Waals surface area contributed by atoms with Gasteiger partial charge in [-0.15, -0.1) is 0 Å². The van der Waals surface area contributed by atoms with Crippen LogP contribution in [-0.4, -0.2) is 78.4 Å². The number of alkyl halides is 2. The van der Waals surface area contributed by atoms with Crippen molar-refractivity contribution in [3.63, 3.8) is 0 Å². The van der Waals surface area contributed by atoms with Crippen molar-refractivity contribution in [3.8, 4) is 0 Å². The van der Waals surface area contributed by atoms with E-state index in [1.165, 1.54) is 13.2 Å². The molecule has 9 nitrogen and oxygen atoms in total. The largest absolute Gasteiger partial charge is 0.349 e. The Hall–Kier alpha value is -3.34. The van der Waals surface area contributed by atoms with Gasteiger partial charge in [-0.05, 0) is 76.5 Å². The van der Waals surface area contributed by atoms with Crippen LogP contribution in [0.1, 0.15) is 42.5 Å². The van der Waals surface area contributed by atoms with E-state index in [1.807, 2.05) is 0 Å². The molecule has 1 saturated carbocycles. The predicted octanol–water partition coefficient (Wildman–Crippen LogP) is 3.01. The topological polar surface area (TPSA) is 93.7 Å². The smallest absolute Gasteiger partial charge is 0.342 e. The van der Waals surface area contributed by atoms with E-state index in [2.05, 4.69) is 32.5 Å². The number of halogens is 2. The first kappa shape index (κ1) is 24.4. The molecule has 0 bridgehead atoms. The lowest BCUT2D eigenvalue weighted by molar-refractivity contribution is -0.140. The van der Waals surface area contributed by atoms with Gasteiger partial charge in [-0.1, -0.05) is 0 Å². The molecule has 3 heterocycles. The maximum atomic E-state index is 14.6. The van der Waals surface area contributed by atoms with Gasteiger partial charge in [0.15, 0.2) is 5.82 Å². The van der Waals surface area contributed by atoms with Crippen LogP contribution in [0.4, 0.5) is 31.9 Å². The Balaban J connectivity index is 1.31. The summed E-state index contributed by atoms with van der Waals surface area (Å²) >= 11 is 0. The van der Waals surface area contributed by atoms with Crippen molar-refractivity contribution in [2.45, 2.75) is 50.1 Å². The molecule has 2 aromatic rings. The molecule has 2 N–H and O–H groups in total. The highest BCUT2D eigenvalue weighted by Crippen LogP contribution is 2.40. The van der Waals surface area contributed by atoms with Crippen LogP contribution in [0.3, 0.4) is 0 Å². The monoisotopic (exact) mass is 499 g/mol. The maximum absolute atomic E-state index is 14.6. The Morgan fingerprint density at radius 1 is 1.08 bits per heavy atom. The summed E-state index contributed by atoms with van der Waals surface area (Å²) in [6.07, 6.45) is 5.78. The summed E-state index contributed by atoms with van der Waals surface area (Å²) in [5.74, 6) is -4.33. The number of piperidine rings is 1. The lowest BCUT2D eigenvalue weighted by Crippen LogP contribution is -2.50. The minimum atomic E-state index is -3.51. The number of nitrogens with one attached hydrogen (secondary N) is 2. The van der Waals surface area contributed by atoms with E-state index in [0.29, 0.717) is 17.1 Å². The molecule has 1 aromatic heterocycles. The summed E-state index contributed by atoms with van der Waals surface area (Å²) < 4.78 is 29.3. The van der Waals surface area contributed by atoms with Crippen molar-refractivity contribution >= 4 is 35.0 Å². The van der Waals surface area contributed by atoms with E-state index >= 15 is 0 Å². The zero-order valence-corrected chi connectivity index (χ0v) is 20.5. The summed E-state index contributed by atoms with van der Waals surface area (Å²) in [6.45, 7) is 1.23. The molecule has 2 aliphatic heterocycles. The first-order valence-corrected chi connectivity index (χ1v) is 12.4. The van der Waals surface area contributed by atoms with Crippen LogP contribution >= 0.6 is 0 Å². The Morgan fingerprint density at radius 2 is 1.78 bits per heavy atom. The number of nitrogens with zero attached hydrogens (tertiary/aromatic N) is 5. The second-order valence-corrected chi connectivity index (χ2v) is 9.94. The average Bonchev–Trinajstić information content (AvgIpc) is 2.89. The fourth-order valence-corrected chi connectivity index (χ4v) is 4.84. The van der Waals surface area contributed by atoms with Gasteiger partial charge in [0.1, 0.15) is 5.69 Å². The lowest BCUT2D eigenvalue weighted by atomic mass is 9.91. The van der Waals surface area contributed by atoms with E-state index in [4.69, 9.17) is 0 Å². The molecular formula is C25H31F2N7O2. The third-order valence-corrected chi connectivity index (χ3v) is 7.34. The summed E-state index contributed by atoms with van der Waals surface area (Å²) in [7, 11) is 3.40. The van der Waals surface area contributed by atoms with E-state index < -0.39 is 18.4 Å². The van der Waals surface area contributed by atoms with Gasteiger partial charge in [0, 0.05) is 30.4 Å². The number of carbonyl (C=O) groups is 2. The molecule has 1 saturated heterocycles. The SMILES string of the molecule is CN1CCC(NC(=O)c2ccc(Nc3ncc4c(n3)N(C3CCC3)CC(F)(F)C(=O)N4C)cc2)CC1. The molecule has 1 aliphatic carbocycles. The van der Waals surface area contributed by atoms with Crippen molar-refractivity contribution in [1.29, 1.82) is 0 Å². The maximum Gasteiger partial charge on any atom is 0.342 e. The number of amides is 2. The van der Waals surface area contributed by atoms with Crippen molar-refractivity contribution in [1.82, 2.24) is 20.2 Å². The Morgan fingerprint density at radius 3 is 2.42 bits per heavy atom. The van der Waals surface area contributed by atoms with Crippen molar-refractivity contribution < 1.29 is 18.4 Å². The summed E-state index contributed by atoms with van der Waals surface area (Å²) in [5, 5.41) is 6.19. The highest BCUT2D eigenvalue weighted by molar-refractivity contribution is 6.02. The molecule has 36 heavy (non-hydrogen) atoms. The van der Waals surface area contributed by atoms with Gasteiger partial charge in [-0.25, -0.2) is 4.98 Å². The Bertz CT molecular complexity index is 1130. The van der Waals surface area contributed by atoms with Gasteiger partial charge in [0.05, 0.1) is 12.7 Å². The van der Waals surface area contributed by atoms with Gasteiger partial charge in [0.25, 0.3) is 11.8 Å². The number of carbonyl (C=O) groups excluding carboxylic acids is 2. The normalized spacial score (nSPS) is 20.9. The molecule has 0 atom stereocenters. The predicted molar refractivity (Wildman–Crippen MR) is 133 cm³/mol. The minimum absolute atomic E-state index is 0.0842. The van der Waals surface area contributed by atoms with Gasteiger partial charge >= 0.3 is 5.92 Å². The summed E-state index contributed by atoms with van der Waals surface area (Å²) in [6, 6.07) is 7.06. The van der Waals surface area contributed by atoms with Gasteiger partial charge in [-0.2, -0.15) is 13.8 Å². The van der Waals surface area contributed by atoms with E-state index in [0.717, 1.165) is 50.1 Å². The highest BCUT2D eigenvalue weighted by Gasteiger charge is 2.49. The summed E-state index contributed by atoms with van der Waals surface area (Å²) in [4.78, 5) is 38.5. The molecule has 2 fully saturated rings. The molecule has 1 aromatic carbocycles. The third-order valence-electron chi connectivity index (χ3n) is 7.34. The molecule has 3 aliphatic rings. The Kier molecular flexibility index (Phi) is 6.50. The quantitative estimate of drug-likeness (QED) is 0.653. The molecular weight excluding hydrogens is 468 g/mol. The van der Waals surface area contributed by atoms with Crippen LogP contribution in [0.25, 0.3) is 0 Å². The first-order valence-electron chi connectivity index (χ1n) is 12.4. The zero-order valence-electron chi connectivity index (χ0n) is 20.5. The average molecular weight is 500 g/mol. The molecule has 11 heteroatoms. The van der Waals surface area contributed by atoms with Crippen LogP contribution in [0, 0.1) is 0 Å². The molecule has 0 unspecified atom stereocenters. The Labute approximate surface area is 208 Å². The van der Waals surface area contributed by atoms with Gasteiger partial charge in [-0.3, -0.25) is 9.59 Å². The molecule has 5 rings (SSSR count). The molecule has 0 radical (unpaired) electrons.